The van der Waals surface area contributed by atoms with E-state index < -0.39 is 6.43 Å². The van der Waals surface area contributed by atoms with Crippen LogP contribution in [0.1, 0.15) is 53.3 Å². The number of nitrogens with zero attached hydrogens (tertiary/aromatic N) is 1. The van der Waals surface area contributed by atoms with Crippen molar-refractivity contribution in [3.05, 3.63) is 44.1 Å². The molecule has 8 heteroatoms. The van der Waals surface area contributed by atoms with Gasteiger partial charge in [0.2, 0.25) is 0 Å². The minimum absolute atomic E-state index is 0.0130. The Morgan fingerprint density at radius 1 is 1.33 bits per heavy atom. The predicted octanol–water partition coefficient (Wildman–Crippen LogP) is 6.55. The first-order valence-electron chi connectivity index (χ1n) is 8.97. The number of pyridine rings is 1. The first-order chi connectivity index (χ1) is 13.0. The van der Waals surface area contributed by atoms with Gasteiger partial charge in [0.15, 0.2) is 0 Å². The lowest BCUT2D eigenvalue weighted by Crippen LogP contribution is -2.31. The average molecular weight is 428 g/mol. The molecule has 3 heterocycles. The first kappa shape index (κ1) is 19.1. The van der Waals surface area contributed by atoms with E-state index >= 15 is 0 Å². The normalized spacial score (nSPS) is 20.5. The fourth-order valence-electron chi connectivity index (χ4n) is 3.77. The number of hydrogen-bond donors (Lipinski definition) is 2. The molecule has 1 aliphatic rings. The molecule has 2 atom stereocenters. The number of nitrogens with one attached hydrogen (secondary N) is 1. The summed E-state index contributed by atoms with van der Waals surface area (Å²) < 4.78 is 28.8. The molecule has 4 rings (SSSR count). The van der Waals surface area contributed by atoms with E-state index in [-0.39, 0.29) is 22.7 Å². The van der Waals surface area contributed by atoms with Crippen LogP contribution in [0.25, 0.3) is 10.2 Å². The van der Waals surface area contributed by atoms with Crippen molar-refractivity contribution in [1.29, 1.82) is 0 Å². The van der Waals surface area contributed by atoms with Crippen molar-refractivity contribution in [2.45, 2.75) is 50.6 Å². The second kappa shape index (κ2) is 7.99. The molecule has 1 saturated carbocycles. The van der Waals surface area contributed by atoms with E-state index in [1.54, 1.807) is 17.4 Å². The largest absolute Gasteiger partial charge is 0.379 e. The van der Waals surface area contributed by atoms with Gasteiger partial charge >= 0.3 is 0 Å². The van der Waals surface area contributed by atoms with Gasteiger partial charge < -0.3 is 11.1 Å². The van der Waals surface area contributed by atoms with E-state index in [1.165, 1.54) is 11.3 Å². The molecule has 27 heavy (non-hydrogen) atoms. The lowest BCUT2D eigenvalue weighted by molar-refractivity contribution is 0.151. The maximum Gasteiger partial charge on any atom is 0.267 e. The lowest BCUT2D eigenvalue weighted by Gasteiger charge is -2.28. The first-order valence-corrected chi connectivity index (χ1v) is 11.0. The molecule has 0 aromatic carbocycles. The molecule has 1 aliphatic carbocycles. The maximum atomic E-state index is 14.0. The van der Waals surface area contributed by atoms with Crippen LogP contribution in [0.2, 0.25) is 5.15 Å². The maximum absolute atomic E-state index is 14.0. The summed E-state index contributed by atoms with van der Waals surface area (Å²) in [6.07, 6.45) is 1.20. The van der Waals surface area contributed by atoms with E-state index in [1.807, 2.05) is 17.5 Å². The van der Waals surface area contributed by atoms with Crippen molar-refractivity contribution in [2.75, 3.05) is 5.32 Å². The zero-order chi connectivity index (χ0) is 19.0. The van der Waals surface area contributed by atoms with Gasteiger partial charge in [0.1, 0.15) is 5.15 Å². The summed E-state index contributed by atoms with van der Waals surface area (Å²) in [6, 6.07) is 5.65. The highest BCUT2D eigenvalue weighted by Crippen LogP contribution is 2.47. The summed E-state index contributed by atoms with van der Waals surface area (Å²) in [5.74, 6) is -0.0362. The summed E-state index contributed by atoms with van der Waals surface area (Å²) >= 11 is 9.21. The molecule has 0 radical (unpaired) electrons. The lowest BCUT2D eigenvalue weighted by atomic mass is 9.83. The van der Waals surface area contributed by atoms with Gasteiger partial charge in [0.05, 0.1) is 21.5 Å². The molecule has 3 aromatic heterocycles. The number of hydrogen-bond acceptors (Lipinski definition) is 5. The molecule has 1 fully saturated rings. The van der Waals surface area contributed by atoms with E-state index in [2.05, 4.69) is 10.3 Å². The molecule has 0 spiro atoms. The SMILES string of the molecule is N[C@@H]1CCCCC1c1sc2c(NCc3cccs3)cc(Cl)nc2c1C(F)F. The van der Waals surface area contributed by atoms with Crippen molar-refractivity contribution in [3.63, 3.8) is 0 Å². The zero-order valence-electron chi connectivity index (χ0n) is 14.6. The third-order valence-electron chi connectivity index (χ3n) is 5.08. The smallest absolute Gasteiger partial charge is 0.267 e. The van der Waals surface area contributed by atoms with Crippen molar-refractivity contribution in [2.24, 2.45) is 5.73 Å². The van der Waals surface area contributed by atoms with Crippen LogP contribution in [0, 0.1) is 0 Å². The van der Waals surface area contributed by atoms with Crippen LogP contribution in [-0.2, 0) is 6.54 Å². The molecule has 3 N–H and O–H groups in total. The van der Waals surface area contributed by atoms with E-state index in [0.717, 1.165) is 40.9 Å². The average Bonchev–Trinajstić information content (AvgIpc) is 3.27. The number of anilines is 1. The second-order valence-corrected chi connectivity index (χ2v) is 9.31. The summed E-state index contributed by atoms with van der Waals surface area (Å²) in [7, 11) is 0. The Labute approximate surface area is 169 Å². The summed E-state index contributed by atoms with van der Waals surface area (Å²) in [6.45, 7) is 0.618. The van der Waals surface area contributed by atoms with Crippen LogP contribution in [0.3, 0.4) is 0 Å². The molecule has 3 aromatic rings. The molecular formula is C19H20ClF2N3S2. The fourth-order valence-corrected chi connectivity index (χ4v) is 6.06. The highest BCUT2D eigenvalue weighted by atomic mass is 35.5. The topological polar surface area (TPSA) is 50.9 Å². The van der Waals surface area contributed by atoms with Crippen LogP contribution < -0.4 is 11.1 Å². The standard InChI is InChI=1S/C19H20ClF2N3S2/c20-14-8-13(24-9-10-4-3-7-26-10)18-16(25-14)15(19(21)22)17(27-18)11-5-1-2-6-12(11)23/h3-4,7-8,11-12,19H,1-2,5-6,9,23H2,(H,24,25)/t11?,12-/m1/s1. The van der Waals surface area contributed by atoms with Gasteiger partial charge in [-0.15, -0.1) is 22.7 Å². The molecule has 0 bridgehead atoms. The van der Waals surface area contributed by atoms with Gasteiger partial charge in [-0.3, -0.25) is 0 Å². The summed E-state index contributed by atoms with van der Waals surface area (Å²) in [5, 5.41) is 5.57. The number of thiophene rings is 2. The van der Waals surface area contributed by atoms with E-state index in [4.69, 9.17) is 17.3 Å². The number of alkyl halides is 2. The van der Waals surface area contributed by atoms with Gasteiger partial charge in [-0.1, -0.05) is 30.5 Å². The quantitative estimate of drug-likeness (QED) is 0.454. The van der Waals surface area contributed by atoms with E-state index in [9.17, 15) is 8.78 Å². The molecule has 1 unspecified atom stereocenters. The highest BCUT2D eigenvalue weighted by Gasteiger charge is 2.32. The Bertz CT molecular complexity index is 927. The number of halogens is 3. The molecule has 144 valence electrons. The third kappa shape index (κ3) is 3.83. The van der Waals surface area contributed by atoms with Crippen LogP contribution >= 0.6 is 34.3 Å². The van der Waals surface area contributed by atoms with Gasteiger partial charge in [-0.05, 0) is 24.3 Å². The number of fused-ring (bicyclic) bond motifs is 1. The van der Waals surface area contributed by atoms with Crippen molar-refractivity contribution >= 4 is 50.2 Å². The predicted molar refractivity (Wildman–Crippen MR) is 110 cm³/mol. The Kier molecular flexibility index (Phi) is 5.64. The molecular weight excluding hydrogens is 408 g/mol. The van der Waals surface area contributed by atoms with Crippen LogP contribution in [0.4, 0.5) is 14.5 Å². The second-order valence-electron chi connectivity index (χ2n) is 6.84. The number of aromatic nitrogens is 1. The van der Waals surface area contributed by atoms with Crippen molar-refractivity contribution < 1.29 is 8.78 Å². The monoisotopic (exact) mass is 427 g/mol. The Morgan fingerprint density at radius 3 is 2.85 bits per heavy atom. The summed E-state index contributed by atoms with van der Waals surface area (Å²) in [4.78, 5) is 6.11. The van der Waals surface area contributed by atoms with Gasteiger partial charge in [-0.2, -0.15) is 0 Å². The van der Waals surface area contributed by atoms with Crippen LogP contribution in [0.5, 0.6) is 0 Å². The molecule has 0 aliphatic heterocycles. The Morgan fingerprint density at radius 2 is 2.15 bits per heavy atom. The number of rotatable bonds is 5. The van der Waals surface area contributed by atoms with Gasteiger partial charge in [0, 0.05) is 34.3 Å². The number of nitrogens with two attached hydrogens (primary N) is 1. The zero-order valence-corrected chi connectivity index (χ0v) is 16.9. The van der Waals surface area contributed by atoms with Crippen LogP contribution in [0.15, 0.2) is 23.6 Å². The van der Waals surface area contributed by atoms with Gasteiger partial charge in [-0.25, -0.2) is 13.8 Å². The van der Waals surface area contributed by atoms with Crippen LogP contribution in [-0.4, -0.2) is 11.0 Å². The highest BCUT2D eigenvalue weighted by molar-refractivity contribution is 7.20. The fraction of sp³-hybridized carbons (Fsp3) is 0.421. The molecule has 3 nitrogen and oxygen atoms in total. The van der Waals surface area contributed by atoms with Gasteiger partial charge in [0.25, 0.3) is 6.43 Å². The van der Waals surface area contributed by atoms with Crippen molar-refractivity contribution in [1.82, 2.24) is 4.98 Å². The molecule has 0 saturated heterocycles. The minimum Gasteiger partial charge on any atom is -0.379 e. The van der Waals surface area contributed by atoms with Crippen molar-refractivity contribution in [3.8, 4) is 0 Å². The third-order valence-corrected chi connectivity index (χ3v) is 7.51. The van der Waals surface area contributed by atoms with E-state index in [0.29, 0.717) is 16.9 Å². The Balaban J connectivity index is 1.79. The Hall–Kier alpha value is -1.28. The minimum atomic E-state index is -2.60. The molecule has 0 amide bonds. The summed E-state index contributed by atoms with van der Waals surface area (Å²) in [5.41, 5.74) is 7.37.